The lowest BCUT2D eigenvalue weighted by molar-refractivity contribution is -0.127. The minimum Gasteiger partial charge on any atom is -0.467 e. The summed E-state index contributed by atoms with van der Waals surface area (Å²) in [6.45, 7) is 4.70. The van der Waals surface area contributed by atoms with Crippen LogP contribution in [0.3, 0.4) is 0 Å². The summed E-state index contributed by atoms with van der Waals surface area (Å²) in [7, 11) is 0. The zero-order valence-electron chi connectivity index (χ0n) is 8.33. The molecule has 0 saturated carbocycles. The third-order valence-corrected chi connectivity index (χ3v) is 2.30. The number of hydrogen-bond donors (Lipinski definition) is 2. The first-order chi connectivity index (χ1) is 6.58. The maximum atomic E-state index is 11.7. The highest BCUT2D eigenvalue weighted by atomic mass is 16.3. The summed E-state index contributed by atoms with van der Waals surface area (Å²) in [5.41, 5.74) is -0.180. The Hall–Kier alpha value is -1.29. The van der Waals surface area contributed by atoms with E-state index >= 15 is 0 Å². The second-order valence-corrected chi connectivity index (χ2v) is 4.20. The van der Waals surface area contributed by atoms with Crippen molar-refractivity contribution >= 4 is 5.91 Å². The van der Waals surface area contributed by atoms with E-state index in [2.05, 4.69) is 10.6 Å². The van der Waals surface area contributed by atoms with Gasteiger partial charge in [0.1, 0.15) is 11.8 Å². The van der Waals surface area contributed by atoms with Crippen LogP contribution in [-0.2, 0) is 4.79 Å². The van der Waals surface area contributed by atoms with Crippen molar-refractivity contribution < 1.29 is 9.21 Å². The zero-order valence-corrected chi connectivity index (χ0v) is 8.33. The second-order valence-electron chi connectivity index (χ2n) is 4.20. The fraction of sp³-hybridized carbons (Fsp3) is 0.500. The van der Waals surface area contributed by atoms with Gasteiger partial charge in [0.2, 0.25) is 5.91 Å². The third kappa shape index (κ3) is 1.65. The molecule has 1 atom stereocenters. The molecule has 1 fully saturated rings. The van der Waals surface area contributed by atoms with Crippen molar-refractivity contribution in [3.05, 3.63) is 24.2 Å². The average Bonchev–Trinajstić information content (AvgIpc) is 2.54. The summed E-state index contributed by atoms with van der Waals surface area (Å²) >= 11 is 0. The number of furan rings is 1. The molecule has 1 aliphatic heterocycles. The van der Waals surface area contributed by atoms with Crippen molar-refractivity contribution in [3.63, 3.8) is 0 Å². The van der Waals surface area contributed by atoms with Crippen LogP contribution >= 0.6 is 0 Å². The Morgan fingerprint density at radius 1 is 1.57 bits per heavy atom. The lowest BCUT2D eigenvalue weighted by Crippen LogP contribution is -2.59. The first kappa shape index (κ1) is 9.27. The van der Waals surface area contributed by atoms with E-state index in [1.165, 1.54) is 0 Å². The van der Waals surface area contributed by atoms with Gasteiger partial charge < -0.3 is 9.73 Å². The molecule has 2 rings (SSSR count). The predicted molar refractivity (Wildman–Crippen MR) is 51.7 cm³/mol. The predicted octanol–water partition coefficient (Wildman–Crippen LogP) is 0.819. The maximum Gasteiger partial charge on any atom is 0.245 e. The van der Waals surface area contributed by atoms with Crippen molar-refractivity contribution in [1.82, 2.24) is 10.6 Å². The highest BCUT2D eigenvalue weighted by Gasteiger charge is 2.34. The summed E-state index contributed by atoms with van der Waals surface area (Å²) in [5.74, 6) is 0.634. The lowest BCUT2D eigenvalue weighted by atomic mass is 9.99. The van der Waals surface area contributed by atoms with Crippen molar-refractivity contribution in [2.75, 3.05) is 6.54 Å². The highest BCUT2D eigenvalue weighted by molar-refractivity contribution is 5.84. The van der Waals surface area contributed by atoms with Crippen LogP contribution in [0.5, 0.6) is 0 Å². The van der Waals surface area contributed by atoms with E-state index in [1.807, 2.05) is 13.8 Å². The monoisotopic (exact) mass is 194 g/mol. The van der Waals surface area contributed by atoms with Crippen molar-refractivity contribution in [3.8, 4) is 0 Å². The zero-order chi connectivity index (χ0) is 10.2. The van der Waals surface area contributed by atoms with Crippen LogP contribution < -0.4 is 10.6 Å². The van der Waals surface area contributed by atoms with Crippen molar-refractivity contribution in [2.45, 2.75) is 25.4 Å². The van der Waals surface area contributed by atoms with Gasteiger partial charge in [-0.25, -0.2) is 0 Å². The fourth-order valence-electron chi connectivity index (χ4n) is 1.59. The number of nitrogens with one attached hydrogen (secondary N) is 2. The van der Waals surface area contributed by atoms with Crippen molar-refractivity contribution in [1.29, 1.82) is 0 Å². The van der Waals surface area contributed by atoms with E-state index in [4.69, 9.17) is 4.42 Å². The molecule has 0 radical (unpaired) electrons. The van der Waals surface area contributed by atoms with Crippen molar-refractivity contribution in [2.24, 2.45) is 0 Å². The second kappa shape index (κ2) is 3.13. The molecule has 2 N–H and O–H groups in total. The molecule has 1 saturated heterocycles. The largest absolute Gasteiger partial charge is 0.467 e. The van der Waals surface area contributed by atoms with Gasteiger partial charge in [0.05, 0.1) is 6.26 Å². The van der Waals surface area contributed by atoms with E-state index in [-0.39, 0.29) is 17.5 Å². The van der Waals surface area contributed by atoms with Crippen LogP contribution in [0.15, 0.2) is 22.8 Å². The van der Waals surface area contributed by atoms with Crippen LogP contribution in [0.1, 0.15) is 25.6 Å². The van der Waals surface area contributed by atoms with E-state index in [9.17, 15) is 4.79 Å². The van der Waals surface area contributed by atoms with Gasteiger partial charge in [0.15, 0.2) is 0 Å². The molecule has 1 aromatic heterocycles. The molecule has 1 unspecified atom stereocenters. The molecule has 0 aliphatic carbocycles. The number of carbonyl (C=O) groups is 1. The van der Waals surface area contributed by atoms with E-state index in [0.717, 1.165) is 6.54 Å². The summed E-state index contributed by atoms with van der Waals surface area (Å²) in [5, 5.41) is 6.09. The molecule has 4 nitrogen and oxygen atoms in total. The molecule has 1 aliphatic rings. The number of piperazine rings is 1. The smallest absolute Gasteiger partial charge is 0.245 e. The molecule has 0 spiro atoms. The minimum absolute atomic E-state index is 0.0313. The minimum atomic E-state index is -0.349. The Bertz CT molecular complexity index is 330. The molecule has 76 valence electrons. The average molecular weight is 194 g/mol. The van der Waals surface area contributed by atoms with E-state index in [1.54, 1.807) is 18.4 Å². The van der Waals surface area contributed by atoms with Gasteiger partial charge in [0.25, 0.3) is 0 Å². The summed E-state index contributed by atoms with van der Waals surface area (Å²) in [6, 6.07) is 3.23. The Balaban J connectivity index is 2.14. The lowest BCUT2D eigenvalue weighted by Gasteiger charge is -2.35. The van der Waals surface area contributed by atoms with E-state index in [0.29, 0.717) is 5.76 Å². The van der Waals surface area contributed by atoms with Gasteiger partial charge in [-0.1, -0.05) is 0 Å². The normalized spacial score (nSPS) is 25.9. The Morgan fingerprint density at radius 3 is 2.93 bits per heavy atom. The Labute approximate surface area is 82.7 Å². The molecule has 1 amide bonds. The van der Waals surface area contributed by atoms with Gasteiger partial charge >= 0.3 is 0 Å². The number of rotatable bonds is 1. The molecule has 0 aromatic carbocycles. The van der Waals surface area contributed by atoms with E-state index < -0.39 is 0 Å². The number of hydrogen-bond acceptors (Lipinski definition) is 3. The molecule has 2 heterocycles. The maximum absolute atomic E-state index is 11.7. The summed E-state index contributed by atoms with van der Waals surface area (Å²) in [4.78, 5) is 11.7. The topological polar surface area (TPSA) is 54.3 Å². The van der Waals surface area contributed by atoms with Crippen LogP contribution in [0.4, 0.5) is 0 Å². The van der Waals surface area contributed by atoms with Crippen LogP contribution in [0.2, 0.25) is 0 Å². The highest BCUT2D eigenvalue weighted by Crippen LogP contribution is 2.19. The first-order valence-corrected chi connectivity index (χ1v) is 4.67. The summed E-state index contributed by atoms with van der Waals surface area (Å²) in [6.07, 6.45) is 1.57. The SMILES string of the molecule is CC1(C)CNC(c2ccco2)C(=O)N1. The van der Waals surface area contributed by atoms with Gasteiger partial charge in [0, 0.05) is 12.1 Å². The molecule has 4 heteroatoms. The third-order valence-electron chi connectivity index (χ3n) is 2.30. The summed E-state index contributed by atoms with van der Waals surface area (Å²) < 4.78 is 5.19. The molecule has 0 bridgehead atoms. The number of carbonyl (C=O) groups excluding carboxylic acids is 1. The Kier molecular flexibility index (Phi) is 2.07. The standard InChI is InChI=1S/C10H14N2O2/c1-10(2)6-11-8(9(13)12-10)7-4-3-5-14-7/h3-5,8,11H,6H2,1-2H3,(H,12,13). The van der Waals surface area contributed by atoms with Crippen LogP contribution in [-0.4, -0.2) is 18.0 Å². The number of amides is 1. The van der Waals surface area contributed by atoms with Gasteiger partial charge in [-0.2, -0.15) is 0 Å². The van der Waals surface area contributed by atoms with Crippen LogP contribution in [0, 0.1) is 0 Å². The fourth-order valence-corrected chi connectivity index (χ4v) is 1.59. The quantitative estimate of drug-likeness (QED) is 0.696. The first-order valence-electron chi connectivity index (χ1n) is 4.67. The molecular weight excluding hydrogens is 180 g/mol. The molecule has 14 heavy (non-hydrogen) atoms. The molecule has 1 aromatic rings. The van der Waals surface area contributed by atoms with Gasteiger partial charge in [-0.3, -0.25) is 10.1 Å². The van der Waals surface area contributed by atoms with Gasteiger partial charge in [-0.05, 0) is 26.0 Å². The Morgan fingerprint density at radius 2 is 2.36 bits per heavy atom. The van der Waals surface area contributed by atoms with Crippen LogP contribution in [0.25, 0.3) is 0 Å². The van der Waals surface area contributed by atoms with Gasteiger partial charge in [-0.15, -0.1) is 0 Å². The molecular formula is C10H14N2O2.